The van der Waals surface area contributed by atoms with E-state index in [0.717, 1.165) is 25.9 Å². The van der Waals surface area contributed by atoms with Crippen molar-refractivity contribution in [3.63, 3.8) is 0 Å². The van der Waals surface area contributed by atoms with Crippen LogP contribution in [0.2, 0.25) is 0 Å². The van der Waals surface area contributed by atoms with Gasteiger partial charge in [-0.25, -0.2) is 0 Å². The predicted octanol–water partition coefficient (Wildman–Crippen LogP) is 2.55. The Balaban J connectivity index is 1.64. The maximum absolute atomic E-state index is 6.38. The van der Waals surface area contributed by atoms with E-state index in [1.165, 1.54) is 30.8 Å². The van der Waals surface area contributed by atoms with Crippen LogP contribution in [0, 0.1) is 0 Å². The third kappa shape index (κ3) is 2.57. The van der Waals surface area contributed by atoms with E-state index in [2.05, 4.69) is 47.9 Å². The van der Waals surface area contributed by atoms with Crippen molar-refractivity contribution < 1.29 is 0 Å². The SMILES string of the molecule is CC(C)N1CCN(c2ccc(C3(N)CCC3)cc2)CC1. The summed E-state index contributed by atoms with van der Waals surface area (Å²) in [6.07, 6.45) is 3.55. The Bertz CT molecular complexity index is 440. The number of benzene rings is 1. The monoisotopic (exact) mass is 273 g/mol. The summed E-state index contributed by atoms with van der Waals surface area (Å²) in [6.45, 7) is 9.16. The van der Waals surface area contributed by atoms with Crippen LogP contribution in [0.5, 0.6) is 0 Å². The van der Waals surface area contributed by atoms with Gasteiger partial charge < -0.3 is 10.6 Å². The van der Waals surface area contributed by atoms with Crippen LogP contribution in [-0.2, 0) is 5.54 Å². The zero-order chi connectivity index (χ0) is 14.2. The molecule has 2 N–H and O–H groups in total. The van der Waals surface area contributed by atoms with Crippen molar-refractivity contribution in [2.75, 3.05) is 31.1 Å². The summed E-state index contributed by atoms with van der Waals surface area (Å²) < 4.78 is 0. The number of rotatable bonds is 3. The van der Waals surface area contributed by atoms with Crippen molar-refractivity contribution in [1.82, 2.24) is 4.90 Å². The lowest BCUT2D eigenvalue weighted by molar-refractivity contribution is 0.209. The van der Waals surface area contributed by atoms with Gasteiger partial charge in [-0.3, -0.25) is 4.90 Å². The fourth-order valence-electron chi connectivity index (χ4n) is 3.35. The summed E-state index contributed by atoms with van der Waals surface area (Å²) in [4.78, 5) is 5.04. The van der Waals surface area contributed by atoms with Crippen LogP contribution in [0.3, 0.4) is 0 Å². The lowest BCUT2D eigenvalue weighted by Crippen LogP contribution is -2.49. The Hall–Kier alpha value is -1.06. The molecule has 2 fully saturated rings. The van der Waals surface area contributed by atoms with Gasteiger partial charge in [0.2, 0.25) is 0 Å². The quantitative estimate of drug-likeness (QED) is 0.918. The molecule has 0 spiro atoms. The molecule has 0 radical (unpaired) electrons. The van der Waals surface area contributed by atoms with Crippen LogP contribution in [0.4, 0.5) is 5.69 Å². The second kappa shape index (κ2) is 5.38. The standard InChI is InChI=1S/C17H27N3/c1-14(2)19-10-12-20(13-11-19)16-6-4-15(5-7-16)17(18)8-3-9-17/h4-7,14H,3,8-13,18H2,1-2H3. The molecule has 110 valence electrons. The van der Waals surface area contributed by atoms with Crippen LogP contribution < -0.4 is 10.6 Å². The van der Waals surface area contributed by atoms with Gasteiger partial charge in [-0.15, -0.1) is 0 Å². The molecule has 1 aromatic rings. The van der Waals surface area contributed by atoms with Crippen molar-refractivity contribution in [2.24, 2.45) is 5.73 Å². The highest BCUT2D eigenvalue weighted by molar-refractivity contribution is 5.49. The van der Waals surface area contributed by atoms with Gasteiger partial charge in [-0.2, -0.15) is 0 Å². The highest BCUT2D eigenvalue weighted by Gasteiger charge is 2.34. The summed E-state index contributed by atoms with van der Waals surface area (Å²) in [7, 11) is 0. The predicted molar refractivity (Wildman–Crippen MR) is 85.1 cm³/mol. The largest absolute Gasteiger partial charge is 0.369 e. The molecule has 2 aliphatic rings. The molecule has 1 saturated carbocycles. The molecule has 1 heterocycles. The van der Waals surface area contributed by atoms with Gasteiger partial charge in [-0.1, -0.05) is 12.1 Å². The fourth-order valence-corrected chi connectivity index (χ4v) is 3.35. The first-order valence-electron chi connectivity index (χ1n) is 7.97. The summed E-state index contributed by atoms with van der Waals surface area (Å²) >= 11 is 0. The minimum absolute atomic E-state index is 0.0329. The molecule has 0 unspecified atom stereocenters. The molecule has 0 amide bonds. The first-order chi connectivity index (χ1) is 9.58. The third-order valence-electron chi connectivity index (χ3n) is 5.10. The summed E-state index contributed by atoms with van der Waals surface area (Å²) in [5.74, 6) is 0. The van der Waals surface area contributed by atoms with Crippen LogP contribution in [0.1, 0.15) is 38.7 Å². The highest BCUT2D eigenvalue weighted by Crippen LogP contribution is 2.39. The second-order valence-corrected chi connectivity index (χ2v) is 6.67. The van der Waals surface area contributed by atoms with Crippen LogP contribution in [-0.4, -0.2) is 37.1 Å². The van der Waals surface area contributed by atoms with Crippen LogP contribution in [0.15, 0.2) is 24.3 Å². The minimum Gasteiger partial charge on any atom is -0.369 e. The van der Waals surface area contributed by atoms with Crippen LogP contribution in [0.25, 0.3) is 0 Å². The molecule has 3 heteroatoms. The Morgan fingerprint density at radius 2 is 1.60 bits per heavy atom. The Labute approximate surface area is 122 Å². The number of anilines is 1. The van der Waals surface area contributed by atoms with E-state index in [0.29, 0.717) is 6.04 Å². The van der Waals surface area contributed by atoms with Crippen molar-refractivity contribution >= 4 is 5.69 Å². The molecule has 1 saturated heterocycles. The molecule has 0 atom stereocenters. The lowest BCUT2D eigenvalue weighted by atomic mass is 9.73. The Morgan fingerprint density at radius 3 is 2.05 bits per heavy atom. The van der Waals surface area contributed by atoms with Crippen molar-refractivity contribution in [2.45, 2.75) is 44.7 Å². The fraction of sp³-hybridized carbons (Fsp3) is 0.647. The molecular formula is C17H27N3. The average Bonchev–Trinajstić information content (AvgIpc) is 2.45. The lowest BCUT2D eigenvalue weighted by Gasteiger charge is -2.40. The zero-order valence-corrected chi connectivity index (χ0v) is 12.8. The van der Waals surface area contributed by atoms with Gasteiger partial charge >= 0.3 is 0 Å². The number of nitrogens with two attached hydrogens (primary N) is 1. The topological polar surface area (TPSA) is 32.5 Å². The molecule has 3 rings (SSSR count). The van der Waals surface area contributed by atoms with E-state index in [9.17, 15) is 0 Å². The van der Waals surface area contributed by atoms with Gasteiger partial charge in [0.15, 0.2) is 0 Å². The van der Waals surface area contributed by atoms with E-state index in [1.807, 2.05) is 0 Å². The average molecular weight is 273 g/mol. The van der Waals surface area contributed by atoms with Crippen molar-refractivity contribution in [3.05, 3.63) is 29.8 Å². The molecule has 3 nitrogen and oxygen atoms in total. The van der Waals surface area contributed by atoms with E-state index in [4.69, 9.17) is 5.73 Å². The van der Waals surface area contributed by atoms with E-state index >= 15 is 0 Å². The van der Waals surface area contributed by atoms with E-state index in [1.54, 1.807) is 0 Å². The number of hydrogen-bond acceptors (Lipinski definition) is 3. The molecule has 0 aromatic heterocycles. The molecule has 1 aliphatic carbocycles. The summed E-state index contributed by atoms with van der Waals surface area (Å²) in [5.41, 5.74) is 9.01. The van der Waals surface area contributed by atoms with Gasteiger partial charge in [0, 0.05) is 43.4 Å². The Morgan fingerprint density at radius 1 is 1.00 bits per heavy atom. The minimum atomic E-state index is -0.0329. The smallest absolute Gasteiger partial charge is 0.0409 e. The van der Waals surface area contributed by atoms with E-state index < -0.39 is 0 Å². The van der Waals surface area contributed by atoms with Gasteiger partial charge in [0.1, 0.15) is 0 Å². The maximum atomic E-state index is 6.38. The van der Waals surface area contributed by atoms with Crippen molar-refractivity contribution in [1.29, 1.82) is 0 Å². The molecule has 1 aromatic carbocycles. The normalized spacial score (nSPS) is 22.9. The van der Waals surface area contributed by atoms with E-state index in [-0.39, 0.29) is 5.54 Å². The van der Waals surface area contributed by atoms with Gasteiger partial charge in [0.05, 0.1) is 0 Å². The van der Waals surface area contributed by atoms with Gasteiger partial charge in [0.25, 0.3) is 0 Å². The number of nitrogens with zero attached hydrogens (tertiary/aromatic N) is 2. The number of piperazine rings is 1. The Kier molecular flexibility index (Phi) is 3.74. The van der Waals surface area contributed by atoms with Gasteiger partial charge in [-0.05, 0) is 50.8 Å². The first-order valence-corrected chi connectivity index (χ1v) is 7.97. The third-order valence-corrected chi connectivity index (χ3v) is 5.10. The maximum Gasteiger partial charge on any atom is 0.0409 e. The zero-order valence-electron chi connectivity index (χ0n) is 12.8. The summed E-state index contributed by atoms with van der Waals surface area (Å²) in [5, 5.41) is 0. The highest BCUT2D eigenvalue weighted by atomic mass is 15.3. The number of hydrogen-bond donors (Lipinski definition) is 1. The molecule has 0 bridgehead atoms. The van der Waals surface area contributed by atoms with Crippen molar-refractivity contribution in [3.8, 4) is 0 Å². The molecular weight excluding hydrogens is 246 g/mol. The summed E-state index contributed by atoms with van der Waals surface area (Å²) in [6, 6.07) is 9.66. The second-order valence-electron chi connectivity index (χ2n) is 6.67. The first kappa shape index (κ1) is 13.9. The molecule has 20 heavy (non-hydrogen) atoms. The molecule has 1 aliphatic heterocycles. The van der Waals surface area contributed by atoms with Crippen LogP contribution >= 0.6 is 0 Å².